The van der Waals surface area contributed by atoms with Gasteiger partial charge < -0.3 is 31.5 Å². The Morgan fingerprint density at radius 1 is 1.12 bits per heavy atom. The molecule has 5 N–H and O–H groups in total. The molecule has 11 heteroatoms. The van der Waals surface area contributed by atoms with Gasteiger partial charge in [-0.15, -0.1) is 0 Å². The number of aromatic nitrogens is 3. The minimum absolute atomic E-state index is 0.0417. The molecule has 5 heterocycles. The fourth-order valence-corrected chi connectivity index (χ4v) is 4.03. The van der Waals surface area contributed by atoms with Gasteiger partial charge in [-0.25, -0.2) is 9.78 Å². The summed E-state index contributed by atoms with van der Waals surface area (Å²) < 4.78 is 1.98. The third-order valence-electron chi connectivity index (χ3n) is 5.83. The number of likely N-dealkylation sites (N-methyl/N-ethyl adjacent to an activating group) is 1. The summed E-state index contributed by atoms with van der Waals surface area (Å²) in [6.45, 7) is 6.22. The van der Waals surface area contributed by atoms with Crippen LogP contribution in [0.5, 0.6) is 0 Å². The van der Waals surface area contributed by atoms with Crippen LogP contribution in [0.1, 0.15) is 35.4 Å². The van der Waals surface area contributed by atoms with E-state index < -0.39 is 5.91 Å². The van der Waals surface area contributed by atoms with Crippen LogP contribution in [-0.2, 0) is 13.1 Å². The molecule has 0 bridgehead atoms. The molecule has 2 fully saturated rings. The number of carbonyl (C=O) groups excluding carboxylic acids is 2. The lowest BCUT2D eigenvalue weighted by Crippen LogP contribution is -2.29. The standard InChI is InChI=1S/C17H23N7O.C4H8N2O/c18-17(25)16-14(8-12(11-20-16)23-5-2-1-3-6-23)21-15-9-13-10-19-4-7-24(13)22-15;1-6-3-2-5-4(6)7/h8-9,11,19H,1-7,10H2,(H2,18,25)(H,21,22);2-3H2,1H3,(H,5,7). The highest BCUT2D eigenvalue weighted by atomic mass is 16.2. The lowest BCUT2D eigenvalue weighted by molar-refractivity contribution is 0.0996. The molecule has 0 spiro atoms. The van der Waals surface area contributed by atoms with Crippen molar-refractivity contribution in [3.8, 4) is 0 Å². The van der Waals surface area contributed by atoms with Gasteiger partial charge >= 0.3 is 6.03 Å². The van der Waals surface area contributed by atoms with E-state index in [1.54, 1.807) is 18.1 Å². The van der Waals surface area contributed by atoms with Crippen molar-refractivity contribution in [3.63, 3.8) is 0 Å². The molecular formula is C21H31N9O2. The minimum Gasteiger partial charge on any atom is -0.370 e. The number of fused-ring (bicyclic) bond motifs is 1. The van der Waals surface area contributed by atoms with E-state index >= 15 is 0 Å². The highest BCUT2D eigenvalue weighted by molar-refractivity contribution is 5.97. The van der Waals surface area contributed by atoms with Gasteiger partial charge in [-0.05, 0) is 25.3 Å². The van der Waals surface area contributed by atoms with Gasteiger partial charge in [-0.2, -0.15) is 5.10 Å². The van der Waals surface area contributed by atoms with Crippen LogP contribution < -0.4 is 26.6 Å². The van der Waals surface area contributed by atoms with Crippen LogP contribution in [-0.4, -0.2) is 71.4 Å². The van der Waals surface area contributed by atoms with E-state index in [0.717, 1.165) is 57.2 Å². The molecule has 2 aromatic heterocycles. The van der Waals surface area contributed by atoms with Crippen molar-refractivity contribution in [1.82, 2.24) is 30.3 Å². The summed E-state index contributed by atoms with van der Waals surface area (Å²) in [5, 5.41) is 13.8. The number of nitrogens with two attached hydrogens (primary N) is 1. The Morgan fingerprint density at radius 2 is 1.94 bits per heavy atom. The SMILES string of the molecule is CN1CCNC1=O.NC(=O)c1ncc(N2CCCCC2)cc1Nc1cc2n(n1)CCNC2. The maximum atomic E-state index is 11.8. The molecule has 3 aliphatic rings. The van der Waals surface area contributed by atoms with Gasteiger partial charge in [0.05, 0.1) is 29.8 Å². The molecule has 2 saturated heterocycles. The number of primary amides is 1. The molecule has 0 unspecified atom stereocenters. The Hall–Kier alpha value is -3.34. The van der Waals surface area contributed by atoms with Crippen LogP contribution in [0, 0.1) is 0 Å². The summed E-state index contributed by atoms with van der Waals surface area (Å²) in [6, 6.07) is 3.99. The molecule has 0 aliphatic carbocycles. The number of urea groups is 1. The van der Waals surface area contributed by atoms with E-state index in [9.17, 15) is 9.59 Å². The number of anilines is 3. The second kappa shape index (κ2) is 9.86. The fraction of sp³-hybridized carbons (Fsp3) is 0.524. The van der Waals surface area contributed by atoms with Crippen LogP contribution in [0.3, 0.4) is 0 Å². The quantitative estimate of drug-likeness (QED) is 0.553. The number of hydrogen-bond donors (Lipinski definition) is 4. The zero-order chi connectivity index (χ0) is 22.5. The van der Waals surface area contributed by atoms with Crippen LogP contribution in [0.2, 0.25) is 0 Å². The van der Waals surface area contributed by atoms with Crippen molar-refractivity contribution in [2.75, 3.05) is 50.0 Å². The Kier molecular flexibility index (Phi) is 6.74. The third-order valence-corrected chi connectivity index (χ3v) is 5.83. The van der Waals surface area contributed by atoms with Crippen molar-refractivity contribution in [2.24, 2.45) is 5.73 Å². The maximum absolute atomic E-state index is 11.8. The smallest absolute Gasteiger partial charge is 0.317 e. The van der Waals surface area contributed by atoms with E-state index in [2.05, 4.69) is 30.9 Å². The number of rotatable bonds is 4. The number of nitrogens with zero attached hydrogens (tertiary/aromatic N) is 5. The molecule has 172 valence electrons. The van der Waals surface area contributed by atoms with Gasteiger partial charge in [0.25, 0.3) is 5.91 Å². The largest absolute Gasteiger partial charge is 0.370 e. The molecule has 0 radical (unpaired) electrons. The molecule has 32 heavy (non-hydrogen) atoms. The fourth-order valence-electron chi connectivity index (χ4n) is 4.03. The second-order valence-corrected chi connectivity index (χ2v) is 8.20. The average molecular weight is 442 g/mol. The molecule has 0 atom stereocenters. The first kappa shape index (κ1) is 21.9. The Morgan fingerprint density at radius 3 is 2.56 bits per heavy atom. The Labute approximate surface area is 187 Å². The van der Waals surface area contributed by atoms with Crippen LogP contribution in [0.25, 0.3) is 0 Å². The highest BCUT2D eigenvalue weighted by Gasteiger charge is 2.18. The first-order valence-corrected chi connectivity index (χ1v) is 11.1. The first-order valence-electron chi connectivity index (χ1n) is 11.1. The number of pyridine rings is 1. The molecule has 5 rings (SSSR count). The van der Waals surface area contributed by atoms with Gasteiger partial charge in [0.1, 0.15) is 0 Å². The van der Waals surface area contributed by atoms with E-state index in [4.69, 9.17) is 5.73 Å². The summed E-state index contributed by atoms with van der Waals surface area (Å²) in [4.78, 5) is 30.4. The predicted molar refractivity (Wildman–Crippen MR) is 122 cm³/mol. The number of piperidine rings is 1. The summed E-state index contributed by atoms with van der Waals surface area (Å²) in [7, 11) is 1.78. The van der Waals surface area contributed by atoms with Crippen LogP contribution in [0.4, 0.5) is 22.0 Å². The number of nitrogens with one attached hydrogen (secondary N) is 3. The van der Waals surface area contributed by atoms with E-state index in [0.29, 0.717) is 11.5 Å². The van der Waals surface area contributed by atoms with Gasteiger partial charge in [-0.3, -0.25) is 9.48 Å². The van der Waals surface area contributed by atoms with Gasteiger partial charge in [0.15, 0.2) is 11.5 Å². The topological polar surface area (TPSA) is 133 Å². The maximum Gasteiger partial charge on any atom is 0.317 e. The predicted octanol–water partition coefficient (Wildman–Crippen LogP) is 0.856. The normalized spacial score (nSPS) is 17.8. The number of amides is 3. The molecule has 0 aromatic carbocycles. The van der Waals surface area contributed by atoms with Crippen LogP contribution >= 0.6 is 0 Å². The van der Waals surface area contributed by atoms with E-state index in [-0.39, 0.29) is 11.7 Å². The second-order valence-electron chi connectivity index (χ2n) is 8.20. The van der Waals surface area contributed by atoms with Gasteiger partial charge in [0, 0.05) is 52.4 Å². The minimum atomic E-state index is -0.543. The number of carbonyl (C=O) groups is 2. The first-order chi connectivity index (χ1) is 15.5. The van der Waals surface area contributed by atoms with Crippen molar-refractivity contribution in [1.29, 1.82) is 0 Å². The van der Waals surface area contributed by atoms with Crippen molar-refractivity contribution in [3.05, 3.63) is 29.7 Å². The zero-order valence-electron chi connectivity index (χ0n) is 18.4. The van der Waals surface area contributed by atoms with Crippen LogP contribution in [0.15, 0.2) is 18.3 Å². The third kappa shape index (κ3) is 5.10. The zero-order valence-corrected chi connectivity index (χ0v) is 18.4. The Bertz CT molecular complexity index is 945. The average Bonchev–Trinajstić information content (AvgIpc) is 3.39. The lowest BCUT2D eigenvalue weighted by Gasteiger charge is -2.29. The van der Waals surface area contributed by atoms with Gasteiger partial charge in [0.2, 0.25) is 0 Å². The molecular weight excluding hydrogens is 410 g/mol. The van der Waals surface area contributed by atoms with E-state index in [1.807, 2.05) is 16.8 Å². The highest BCUT2D eigenvalue weighted by Crippen LogP contribution is 2.27. The monoisotopic (exact) mass is 441 g/mol. The van der Waals surface area contributed by atoms with Crippen molar-refractivity contribution in [2.45, 2.75) is 32.4 Å². The summed E-state index contributed by atoms with van der Waals surface area (Å²) in [6.07, 6.45) is 5.36. The Balaban J connectivity index is 0.000000300. The molecule has 3 aliphatic heterocycles. The van der Waals surface area contributed by atoms with Crippen molar-refractivity contribution >= 4 is 29.1 Å². The van der Waals surface area contributed by atoms with E-state index in [1.165, 1.54) is 19.3 Å². The molecule has 3 amide bonds. The number of hydrogen-bond acceptors (Lipinski definition) is 7. The summed E-state index contributed by atoms with van der Waals surface area (Å²) in [5.74, 6) is 0.164. The molecule has 0 saturated carbocycles. The molecule has 11 nitrogen and oxygen atoms in total. The van der Waals surface area contributed by atoms with Crippen molar-refractivity contribution < 1.29 is 9.59 Å². The van der Waals surface area contributed by atoms with Gasteiger partial charge in [-0.1, -0.05) is 0 Å². The lowest BCUT2D eigenvalue weighted by atomic mass is 10.1. The summed E-state index contributed by atoms with van der Waals surface area (Å²) in [5.41, 5.74) is 8.49. The summed E-state index contributed by atoms with van der Waals surface area (Å²) >= 11 is 0. The molecule has 2 aromatic rings.